The third-order valence-corrected chi connectivity index (χ3v) is 1.70. The molecule has 1 heterocycles. The number of halogens is 3. The SMILES string of the molecule is [CH2]c1cscc1OC(F)(F)F. The summed E-state index contributed by atoms with van der Waals surface area (Å²) in [4.78, 5) is 0. The van der Waals surface area contributed by atoms with Crippen molar-refractivity contribution in [3.8, 4) is 5.75 Å². The highest BCUT2D eigenvalue weighted by molar-refractivity contribution is 7.08. The molecule has 0 saturated heterocycles. The van der Waals surface area contributed by atoms with Gasteiger partial charge in [0.1, 0.15) is 5.75 Å². The molecule has 1 aromatic heterocycles. The van der Waals surface area contributed by atoms with Crippen LogP contribution in [0.2, 0.25) is 0 Å². The predicted molar refractivity (Wildman–Crippen MR) is 35.5 cm³/mol. The zero-order valence-electron chi connectivity index (χ0n) is 5.31. The standard InChI is InChI=1S/C6H4F3OS/c1-4-2-11-3-5(4)10-6(7,8)9/h2-3H,1H2. The maximum atomic E-state index is 11.6. The van der Waals surface area contributed by atoms with Crippen molar-refractivity contribution < 1.29 is 17.9 Å². The number of hydrogen-bond acceptors (Lipinski definition) is 2. The minimum Gasteiger partial charge on any atom is -0.405 e. The first-order valence-electron chi connectivity index (χ1n) is 2.63. The molecule has 0 aromatic carbocycles. The molecule has 0 bridgehead atoms. The normalized spacial score (nSPS) is 11.6. The monoisotopic (exact) mass is 181 g/mol. The molecule has 1 radical (unpaired) electrons. The van der Waals surface area contributed by atoms with Gasteiger partial charge < -0.3 is 4.74 Å². The zero-order valence-corrected chi connectivity index (χ0v) is 6.13. The van der Waals surface area contributed by atoms with E-state index in [2.05, 4.69) is 11.7 Å². The van der Waals surface area contributed by atoms with Crippen molar-refractivity contribution in [1.82, 2.24) is 0 Å². The van der Waals surface area contributed by atoms with Crippen molar-refractivity contribution in [2.24, 2.45) is 0 Å². The lowest BCUT2D eigenvalue weighted by Crippen LogP contribution is -2.17. The molecular formula is C6H4F3OS. The van der Waals surface area contributed by atoms with E-state index in [9.17, 15) is 13.2 Å². The van der Waals surface area contributed by atoms with Gasteiger partial charge >= 0.3 is 6.36 Å². The Balaban J connectivity index is 2.72. The molecule has 0 fully saturated rings. The molecule has 0 aliphatic heterocycles. The smallest absolute Gasteiger partial charge is 0.405 e. The van der Waals surface area contributed by atoms with E-state index in [1.807, 2.05) is 0 Å². The van der Waals surface area contributed by atoms with Crippen LogP contribution in [0.15, 0.2) is 10.8 Å². The molecule has 0 saturated carbocycles. The van der Waals surface area contributed by atoms with Crippen molar-refractivity contribution in [3.63, 3.8) is 0 Å². The van der Waals surface area contributed by atoms with Crippen molar-refractivity contribution >= 4 is 11.3 Å². The summed E-state index contributed by atoms with van der Waals surface area (Å²) in [6.45, 7) is 3.35. The highest BCUT2D eigenvalue weighted by Crippen LogP contribution is 2.28. The molecule has 1 rings (SSSR count). The third-order valence-electron chi connectivity index (χ3n) is 0.928. The molecule has 0 aliphatic rings. The Morgan fingerprint density at radius 1 is 1.36 bits per heavy atom. The van der Waals surface area contributed by atoms with Crippen LogP contribution in [0.25, 0.3) is 0 Å². The number of alkyl halides is 3. The van der Waals surface area contributed by atoms with E-state index in [0.29, 0.717) is 0 Å². The second-order valence-electron chi connectivity index (χ2n) is 1.81. The van der Waals surface area contributed by atoms with Gasteiger partial charge in [-0.05, 0) is 12.3 Å². The highest BCUT2D eigenvalue weighted by atomic mass is 32.1. The minimum absolute atomic E-state index is 0.220. The Hall–Kier alpha value is -0.710. The Morgan fingerprint density at radius 2 is 2.00 bits per heavy atom. The fraction of sp³-hybridized carbons (Fsp3) is 0.167. The molecule has 11 heavy (non-hydrogen) atoms. The average Bonchev–Trinajstić information content (AvgIpc) is 2.12. The molecule has 1 aromatic rings. The lowest BCUT2D eigenvalue weighted by molar-refractivity contribution is -0.274. The molecule has 0 amide bonds. The summed E-state index contributed by atoms with van der Waals surface area (Å²) in [6, 6.07) is 0. The van der Waals surface area contributed by atoms with Crippen LogP contribution in [-0.4, -0.2) is 6.36 Å². The van der Waals surface area contributed by atoms with Gasteiger partial charge in [-0.15, -0.1) is 24.5 Å². The Morgan fingerprint density at radius 3 is 2.36 bits per heavy atom. The summed E-state index contributed by atoms with van der Waals surface area (Å²) in [5.41, 5.74) is 0.257. The van der Waals surface area contributed by atoms with E-state index in [1.54, 1.807) is 0 Å². The minimum atomic E-state index is -4.62. The Kier molecular flexibility index (Phi) is 2.08. The molecule has 0 atom stereocenters. The van der Waals surface area contributed by atoms with Gasteiger partial charge in [0.2, 0.25) is 0 Å². The maximum Gasteiger partial charge on any atom is 0.573 e. The summed E-state index contributed by atoms with van der Waals surface area (Å²) < 4.78 is 38.3. The summed E-state index contributed by atoms with van der Waals surface area (Å²) in [5.74, 6) is -0.220. The van der Waals surface area contributed by atoms with Gasteiger partial charge in [-0.3, -0.25) is 0 Å². The largest absolute Gasteiger partial charge is 0.573 e. The van der Waals surface area contributed by atoms with Crippen molar-refractivity contribution in [1.29, 1.82) is 0 Å². The summed E-state index contributed by atoms with van der Waals surface area (Å²) in [7, 11) is 0. The molecule has 0 unspecified atom stereocenters. The van der Waals surface area contributed by atoms with Crippen molar-refractivity contribution in [2.45, 2.75) is 6.36 Å². The van der Waals surface area contributed by atoms with Crippen LogP contribution < -0.4 is 4.74 Å². The van der Waals surface area contributed by atoms with Gasteiger partial charge in [0.05, 0.1) is 0 Å². The molecule has 0 aliphatic carbocycles. The highest BCUT2D eigenvalue weighted by Gasteiger charge is 2.31. The van der Waals surface area contributed by atoms with Crippen molar-refractivity contribution in [2.75, 3.05) is 0 Å². The second kappa shape index (κ2) is 2.73. The summed E-state index contributed by atoms with van der Waals surface area (Å²) in [5, 5.41) is 2.75. The van der Waals surface area contributed by atoms with Crippen LogP contribution in [0, 0.1) is 6.92 Å². The van der Waals surface area contributed by atoms with Gasteiger partial charge in [-0.25, -0.2) is 0 Å². The second-order valence-corrected chi connectivity index (χ2v) is 2.55. The molecular weight excluding hydrogens is 177 g/mol. The first-order valence-corrected chi connectivity index (χ1v) is 3.57. The van der Waals surface area contributed by atoms with Crippen LogP contribution in [0.3, 0.4) is 0 Å². The van der Waals surface area contributed by atoms with E-state index in [-0.39, 0.29) is 11.3 Å². The first-order chi connectivity index (χ1) is 4.99. The van der Waals surface area contributed by atoms with Crippen LogP contribution in [0.4, 0.5) is 13.2 Å². The van der Waals surface area contributed by atoms with Crippen LogP contribution >= 0.6 is 11.3 Å². The van der Waals surface area contributed by atoms with E-state index in [1.165, 1.54) is 10.8 Å². The maximum absolute atomic E-state index is 11.6. The van der Waals surface area contributed by atoms with Crippen LogP contribution in [0.1, 0.15) is 5.56 Å². The van der Waals surface area contributed by atoms with Gasteiger partial charge in [0.15, 0.2) is 0 Å². The number of thiophene rings is 1. The van der Waals surface area contributed by atoms with Crippen LogP contribution in [-0.2, 0) is 0 Å². The lowest BCUT2D eigenvalue weighted by atomic mass is 10.4. The fourth-order valence-corrected chi connectivity index (χ4v) is 1.20. The summed E-state index contributed by atoms with van der Waals surface area (Å²) >= 11 is 1.12. The van der Waals surface area contributed by atoms with Gasteiger partial charge in [-0.1, -0.05) is 0 Å². The van der Waals surface area contributed by atoms with E-state index in [4.69, 9.17) is 0 Å². The van der Waals surface area contributed by atoms with Crippen molar-refractivity contribution in [3.05, 3.63) is 23.2 Å². The quantitative estimate of drug-likeness (QED) is 0.647. The third kappa shape index (κ3) is 2.42. The zero-order chi connectivity index (χ0) is 8.48. The van der Waals surface area contributed by atoms with E-state index < -0.39 is 6.36 Å². The number of hydrogen-bond donors (Lipinski definition) is 0. The molecule has 5 heteroatoms. The molecule has 1 nitrogen and oxygen atoms in total. The molecule has 0 N–H and O–H groups in total. The number of ether oxygens (including phenoxy) is 1. The average molecular weight is 181 g/mol. The summed E-state index contributed by atoms with van der Waals surface area (Å²) in [6.07, 6.45) is -4.62. The van der Waals surface area contributed by atoms with Gasteiger partial charge in [0, 0.05) is 10.9 Å². The molecule has 0 spiro atoms. The fourth-order valence-electron chi connectivity index (χ4n) is 0.526. The Bertz CT molecular complexity index is 240. The predicted octanol–water partition coefficient (Wildman–Crippen LogP) is 2.83. The Labute approximate surface area is 65.4 Å². The van der Waals surface area contributed by atoms with Gasteiger partial charge in [0.25, 0.3) is 0 Å². The van der Waals surface area contributed by atoms with Gasteiger partial charge in [-0.2, -0.15) is 0 Å². The van der Waals surface area contributed by atoms with E-state index >= 15 is 0 Å². The first kappa shape index (κ1) is 8.39. The van der Waals surface area contributed by atoms with Crippen LogP contribution in [0.5, 0.6) is 5.75 Å². The molecule has 61 valence electrons. The lowest BCUT2D eigenvalue weighted by Gasteiger charge is -2.06. The topological polar surface area (TPSA) is 9.23 Å². The number of rotatable bonds is 1. The van der Waals surface area contributed by atoms with E-state index in [0.717, 1.165) is 11.3 Å².